The van der Waals surface area contributed by atoms with E-state index in [0.29, 0.717) is 5.92 Å². The van der Waals surface area contributed by atoms with Crippen molar-refractivity contribution >= 4 is 0 Å². The van der Waals surface area contributed by atoms with Crippen LogP contribution in [0.4, 0.5) is 4.39 Å². The van der Waals surface area contributed by atoms with Crippen LogP contribution < -0.4 is 10.1 Å². The minimum atomic E-state index is -0.180. The number of rotatable bonds is 2. The van der Waals surface area contributed by atoms with Crippen molar-refractivity contribution in [2.75, 3.05) is 6.54 Å². The molecule has 104 valence electrons. The largest absolute Gasteiger partial charge is 0.487 e. The maximum absolute atomic E-state index is 13.5. The molecule has 19 heavy (non-hydrogen) atoms. The van der Waals surface area contributed by atoms with Crippen LogP contribution in [-0.4, -0.2) is 12.1 Å². The Morgan fingerprint density at radius 1 is 1.47 bits per heavy atom. The zero-order valence-electron chi connectivity index (χ0n) is 11.7. The van der Waals surface area contributed by atoms with Crippen LogP contribution in [0.15, 0.2) is 18.2 Å². The lowest BCUT2D eigenvalue weighted by molar-refractivity contribution is 0.00187. The number of fused-ring (bicyclic) bond motifs is 1. The van der Waals surface area contributed by atoms with Crippen LogP contribution in [0.1, 0.15) is 51.1 Å². The number of ether oxygens (including phenoxy) is 1. The highest BCUT2D eigenvalue weighted by Crippen LogP contribution is 2.49. The summed E-state index contributed by atoms with van der Waals surface area (Å²) in [5.41, 5.74) is 0.934. The molecule has 2 aliphatic rings. The highest BCUT2D eigenvalue weighted by molar-refractivity contribution is 5.40. The van der Waals surface area contributed by atoms with E-state index in [0.717, 1.165) is 30.7 Å². The molecule has 1 aromatic carbocycles. The van der Waals surface area contributed by atoms with Crippen LogP contribution >= 0.6 is 0 Å². The third kappa shape index (κ3) is 2.14. The van der Waals surface area contributed by atoms with Gasteiger partial charge in [-0.1, -0.05) is 13.8 Å². The average Bonchev–Trinajstić information content (AvgIpc) is 2.72. The van der Waals surface area contributed by atoms with Gasteiger partial charge in [0.15, 0.2) is 0 Å². The molecule has 1 heterocycles. The second-order valence-electron chi connectivity index (χ2n) is 5.96. The summed E-state index contributed by atoms with van der Waals surface area (Å²) in [7, 11) is 0. The van der Waals surface area contributed by atoms with Gasteiger partial charge in [0.1, 0.15) is 17.2 Å². The van der Waals surface area contributed by atoms with Crippen LogP contribution in [0, 0.1) is 11.7 Å². The quantitative estimate of drug-likeness (QED) is 0.876. The number of halogens is 1. The monoisotopic (exact) mass is 263 g/mol. The van der Waals surface area contributed by atoms with Gasteiger partial charge in [0.25, 0.3) is 0 Å². The van der Waals surface area contributed by atoms with E-state index in [4.69, 9.17) is 4.74 Å². The summed E-state index contributed by atoms with van der Waals surface area (Å²) in [6, 6.07) is 5.13. The molecule has 3 unspecified atom stereocenters. The topological polar surface area (TPSA) is 21.3 Å². The second-order valence-corrected chi connectivity index (χ2v) is 5.96. The summed E-state index contributed by atoms with van der Waals surface area (Å²) in [5.74, 6) is 1.26. The van der Waals surface area contributed by atoms with Gasteiger partial charge in [-0.25, -0.2) is 4.39 Å². The Bertz CT molecular complexity index is 476. The molecule has 2 nitrogen and oxygen atoms in total. The van der Waals surface area contributed by atoms with Crippen LogP contribution in [0.2, 0.25) is 0 Å². The van der Waals surface area contributed by atoms with Gasteiger partial charge in [0.2, 0.25) is 0 Å². The van der Waals surface area contributed by atoms with Crippen molar-refractivity contribution in [2.24, 2.45) is 5.92 Å². The zero-order valence-corrected chi connectivity index (χ0v) is 11.7. The van der Waals surface area contributed by atoms with Crippen LogP contribution in [0.25, 0.3) is 0 Å². The predicted octanol–water partition coefficient (Wildman–Crippen LogP) is 3.82. The van der Waals surface area contributed by atoms with Gasteiger partial charge in [-0.2, -0.15) is 0 Å². The lowest BCUT2D eigenvalue weighted by Gasteiger charge is -2.43. The molecule has 0 bridgehead atoms. The van der Waals surface area contributed by atoms with Crippen molar-refractivity contribution in [3.05, 3.63) is 29.6 Å². The van der Waals surface area contributed by atoms with E-state index in [1.165, 1.54) is 18.9 Å². The Balaban J connectivity index is 1.99. The number of benzene rings is 1. The van der Waals surface area contributed by atoms with E-state index in [-0.39, 0.29) is 17.5 Å². The van der Waals surface area contributed by atoms with Crippen molar-refractivity contribution in [3.8, 4) is 5.75 Å². The fourth-order valence-electron chi connectivity index (χ4n) is 3.70. The normalized spacial score (nSPS) is 33.2. The van der Waals surface area contributed by atoms with Gasteiger partial charge in [0.05, 0.1) is 0 Å². The van der Waals surface area contributed by atoms with Gasteiger partial charge < -0.3 is 10.1 Å². The van der Waals surface area contributed by atoms with E-state index >= 15 is 0 Å². The molecule has 0 radical (unpaired) electrons. The SMILES string of the molecule is CCNC1CC2(CCCC2C)Oc2ccc(F)cc21. The fraction of sp³-hybridized carbons (Fsp3) is 0.625. The highest BCUT2D eigenvalue weighted by atomic mass is 19.1. The first-order chi connectivity index (χ1) is 9.14. The highest BCUT2D eigenvalue weighted by Gasteiger charge is 2.47. The molecule has 1 N–H and O–H groups in total. The first-order valence-electron chi connectivity index (χ1n) is 7.36. The standard InChI is InChI=1S/C16H22FNO/c1-3-18-14-10-16(8-4-5-11(16)2)19-15-7-6-12(17)9-13(14)15/h6-7,9,11,14,18H,3-5,8,10H2,1-2H3. The molecule has 1 spiro atoms. The summed E-state index contributed by atoms with van der Waals surface area (Å²) >= 11 is 0. The molecular formula is C16H22FNO. The molecule has 0 saturated heterocycles. The van der Waals surface area contributed by atoms with Gasteiger partial charge in [-0.05, 0) is 49.9 Å². The van der Waals surface area contributed by atoms with Crippen molar-refractivity contribution < 1.29 is 9.13 Å². The average molecular weight is 263 g/mol. The first-order valence-corrected chi connectivity index (χ1v) is 7.36. The van der Waals surface area contributed by atoms with Crippen LogP contribution in [-0.2, 0) is 0 Å². The molecule has 1 fully saturated rings. The van der Waals surface area contributed by atoms with E-state index in [2.05, 4.69) is 19.2 Å². The summed E-state index contributed by atoms with van der Waals surface area (Å²) in [5, 5.41) is 3.49. The van der Waals surface area contributed by atoms with Crippen LogP contribution in [0.5, 0.6) is 5.75 Å². The number of hydrogen-bond acceptors (Lipinski definition) is 2. The van der Waals surface area contributed by atoms with E-state index in [9.17, 15) is 4.39 Å². The smallest absolute Gasteiger partial charge is 0.125 e. The van der Waals surface area contributed by atoms with Gasteiger partial charge >= 0.3 is 0 Å². The first kappa shape index (κ1) is 12.9. The summed E-state index contributed by atoms with van der Waals surface area (Å²) < 4.78 is 19.8. The molecular weight excluding hydrogens is 241 g/mol. The maximum atomic E-state index is 13.5. The molecule has 3 heteroatoms. The van der Waals surface area contributed by atoms with E-state index < -0.39 is 0 Å². The summed E-state index contributed by atoms with van der Waals surface area (Å²) in [6.07, 6.45) is 4.54. The predicted molar refractivity (Wildman–Crippen MR) is 73.8 cm³/mol. The Kier molecular flexibility index (Phi) is 3.25. The molecule has 1 aromatic rings. The van der Waals surface area contributed by atoms with Gasteiger partial charge in [0, 0.05) is 18.0 Å². The molecule has 1 aliphatic carbocycles. The Morgan fingerprint density at radius 2 is 2.32 bits per heavy atom. The maximum Gasteiger partial charge on any atom is 0.125 e. The number of hydrogen-bond donors (Lipinski definition) is 1. The fourth-order valence-corrected chi connectivity index (χ4v) is 3.70. The third-order valence-corrected chi connectivity index (χ3v) is 4.80. The minimum Gasteiger partial charge on any atom is -0.487 e. The molecule has 1 saturated carbocycles. The Hall–Kier alpha value is -1.09. The Morgan fingerprint density at radius 3 is 3.00 bits per heavy atom. The molecule has 0 aromatic heterocycles. The lowest BCUT2D eigenvalue weighted by Crippen LogP contribution is -2.46. The summed E-state index contributed by atoms with van der Waals surface area (Å²) in [6.45, 7) is 5.27. The zero-order chi connectivity index (χ0) is 13.5. The van der Waals surface area contributed by atoms with Gasteiger partial charge in [-0.15, -0.1) is 0 Å². The molecule has 1 aliphatic heterocycles. The van der Waals surface area contributed by atoms with E-state index in [1.807, 2.05) is 0 Å². The lowest BCUT2D eigenvalue weighted by atomic mass is 9.81. The second kappa shape index (κ2) is 4.78. The minimum absolute atomic E-state index is 0.0440. The van der Waals surface area contributed by atoms with Crippen molar-refractivity contribution in [2.45, 2.75) is 51.2 Å². The molecule has 3 atom stereocenters. The van der Waals surface area contributed by atoms with Crippen molar-refractivity contribution in [1.82, 2.24) is 5.32 Å². The van der Waals surface area contributed by atoms with Gasteiger partial charge in [-0.3, -0.25) is 0 Å². The number of nitrogens with one attached hydrogen (secondary N) is 1. The molecule has 3 rings (SSSR count). The summed E-state index contributed by atoms with van der Waals surface area (Å²) in [4.78, 5) is 0. The molecule has 0 amide bonds. The van der Waals surface area contributed by atoms with Crippen molar-refractivity contribution in [1.29, 1.82) is 0 Å². The Labute approximate surface area is 114 Å². The third-order valence-electron chi connectivity index (χ3n) is 4.80. The van der Waals surface area contributed by atoms with Crippen molar-refractivity contribution in [3.63, 3.8) is 0 Å². The van der Waals surface area contributed by atoms with Crippen LogP contribution in [0.3, 0.4) is 0 Å². The van der Waals surface area contributed by atoms with E-state index in [1.54, 1.807) is 12.1 Å².